The zero-order valence-electron chi connectivity index (χ0n) is 18.3. The van der Waals surface area contributed by atoms with E-state index in [-0.39, 0.29) is 18.5 Å². The number of carbonyl (C=O) groups excluding carboxylic acids is 1. The zero-order valence-corrected chi connectivity index (χ0v) is 19.9. The van der Waals surface area contributed by atoms with E-state index in [2.05, 4.69) is 31.8 Å². The Morgan fingerprint density at radius 2 is 2.06 bits per heavy atom. The number of H-pyrrole nitrogens is 1. The molecular weight excluding hydrogens is 472 g/mol. The Hall–Kier alpha value is -3.50. The molecule has 0 spiro atoms. The third-order valence-corrected chi connectivity index (χ3v) is 7.21. The fraction of sp³-hybridized carbons (Fsp3) is 0.261. The molecule has 0 radical (unpaired) electrons. The van der Waals surface area contributed by atoms with Crippen LogP contribution in [0.1, 0.15) is 6.92 Å². The molecule has 1 aliphatic heterocycles. The number of benzene rings is 1. The lowest BCUT2D eigenvalue weighted by Gasteiger charge is -2.40. The first-order valence-electron chi connectivity index (χ1n) is 11.0. The second kappa shape index (κ2) is 8.37. The van der Waals surface area contributed by atoms with Gasteiger partial charge in [-0.2, -0.15) is 0 Å². The minimum atomic E-state index is 0.0448. The van der Waals surface area contributed by atoms with Gasteiger partial charge in [-0.15, -0.1) is 11.3 Å². The van der Waals surface area contributed by atoms with Gasteiger partial charge in [-0.3, -0.25) is 4.79 Å². The number of fused-ring (bicyclic) bond motifs is 2. The van der Waals surface area contributed by atoms with Crippen LogP contribution in [0.4, 0.5) is 5.00 Å². The van der Waals surface area contributed by atoms with Gasteiger partial charge < -0.3 is 19.4 Å². The molecule has 0 aliphatic carbocycles. The van der Waals surface area contributed by atoms with Gasteiger partial charge in [-0.05, 0) is 25.1 Å². The summed E-state index contributed by atoms with van der Waals surface area (Å²) in [5, 5.41) is 1.38. The average molecular weight is 493 g/mol. The molecule has 1 aliphatic rings. The van der Waals surface area contributed by atoms with Crippen LogP contribution in [-0.4, -0.2) is 66.0 Å². The molecule has 6 rings (SSSR count). The number of piperazine rings is 1. The number of nitrogens with one attached hydrogen (secondary N) is 1. The quantitative estimate of drug-likeness (QED) is 0.409. The summed E-state index contributed by atoms with van der Waals surface area (Å²) in [6, 6.07) is 9.85. The van der Waals surface area contributed by atoms with Crippen LogP contribution in [0.15, 0.2) is 48.2 Å². The third-order valence-electron chi connectivity index (χ3n) is 6.14. The number of nitrogens with zero attached hydrogens (tertiary/aromatic N) is 7. The Balaban J connectivity index is 1.18. The highest BCUT2D eigenvalue weighted by atomic mass is 35.5. The van der Waals surface area contributed by atoms with Crippen molar-refractivity contribution in [3.05, 3.63) is 53.4 Å². The van der Waals surface area contributed by atoms with Crippen LogP contribution in [-0.2, 0) is 11.3 Å². The molecule has 1 amide bonds. The molecule has 1 N–H and O–H groups in total. The molecule has 1 aromatic carbocycles. The fourth-order valence-electron chi connectivity index (χ4n) is 4.50. The van der Waals surface area contributed by atoms with E-state index < -0.39 is 0 Å². The molecule has 34 heavy (non-hydrogen) atoms. The average Bonchev–Trinajstić information content (AvgIpc) is 3.57. The van der Waals surface area contributed by atoms with Gasteiger partial charge >= 0.3 is 0 Å². The van der Waals surface area contributed by atoms with E-state index in [0.717, 1.165) is 46.2 Å². The maximum absolute atomic E-state index is 13.2. The fourth-order valence-corrected chi connectivity index (χ4v) is 5.46. The number of thiazole rings is 1. The molecule has 5 aromatic rings. The van der Waals surface area contributed by atoms with Gasteiger partial charge in [0.15, 0.2) is 11.5 Å². The van der Waals surface area contributed by atoms with Crippen molar-refractivity contribution in [1.29, 1.82) is 0 Å². The lowest BCUT2D eigenvalue weighted by molar-refractivity contribution is -0.134. The molecule has 1 fully saturated rings. The van der Waals surface area contributed by atoms with Crippen molar-refractivity contribution < 1.29 is 4.79 Å². The summed E-state index contributed by atoms with van der Waals surface area (Å²) in [6.07, 6.45) is 3.34. The first-order valence-corrected chi connectivity index (χ1v) is 12.2. The standard InChI is InChI=1S/C23H21ClN8OS/c1-14-11-31(23-20(26-13-34-23)21-27-15-4-2-3-5-16(15)28-21)8-9-32(14)19(33)12-30-7-6-17-22(30)29-18(24)10-25-17/h2-7,10,13-14H,8-9,11-12H2,1H3,(H,27,28). The van der Waals surface area contributed by atoms with Gasteiger partial charge in [0.05, 0.1) is 22.7 Å². The largest absolute Gasteiger partial charge is 0.358 e. The predicted octanol–water partition coefficient (Wildman–Crippen LogP) is 3.82. The lowest BCUT2D eigenvalue weighted by atomic mass is 10.2. The van der Waals surface area contributed by atoms with Gasteiger partial charge in [0.2, 0.25) is 5.91 Å². The maximum atomic E-state index is 13.2. The number of hydrogen-bond acceptors (Lipinski definition) is 7. The van der Waals surface area contributed by atoms with Crippen LogP contribution in [0, 0.1) is 0 Å². The number of rotatable bonds is 4. The van der Waals surface area contributed by atoms with Gasteiger partial charge in [-0.25, -0.2) is 19.9 Å². The van der Waals surface area contributed by atoms with E-state index >= 15 is 0 Å². The Labute approximate surface area is 204 Å². The number of imidazole rings is 1. The number of aromatic amines is 1. The molecule has 172 valence electrons. The van der Waals surface area contributed by atoms with Crippen LogP contribution in [0.2, 0.25) is 5.15 Å². The Morgan fingerprint density at radius 3 is 2.91 bits per heavy atom. The van der Waals surface area contributed by atoms with Crippen LogP contribution in [0.3, 0.4) is 0 Å². The Morgan fingerprint density at radius 1 is 1.18 bits per heavy atom. The molecular formula is C23H21ClN8OS. The number of halogens is 1. The van der Waals surface area contributed by atoms with Crippen LogP contribution < -0.4 is 4.90 Å². The number of anilines is 1. The van der Waals surface area contributed by atoms with Crippen LogP contribution >= 0.6 is 22.9 Å². The number of para-hydroxylation sites is 2. The molecule has 1 unspecified atom stereocenters. The van der Waals surface area contributed by atoms with Gasteiger partial charge in [-0.1, -0.05) is 23.7 Å². The zero-order chi connectivity index (χ0) is 23.2. The molecule has 1 saturated heterocycles. The molecule has 4 aromatic heterocycles. The minimum absolute atomic E-state index is 0.0448. The molecule has 11 heteroatoms. The van der Waals surface area contributed by atoms with Gasteiger partial charge in [0.1, 0.15) is 27.9 Å². The summed E-state index contributed by atoms with van der Waals surface area (Å²) in [4.78, 5) is 38.7. The number of carbonyl (C=O) groups is 1. The summed E-state index contributed by atoms with van der Waals surface area (Å²) < 4.78 is 1.80. The summed E-state index contributed by atoms with van der Waals surface area (Å²) in [5.74, 6) is 0.816. The summed E-state index contributed by atoms with van der Waals surface area (Å²) in [5.41, 5.74) is 5.95. The first-order chi connectivity index (χ1) is 16.6. The van der Waals surface area contributed by atoms with E-state index in [1.165, 1.54) is 6.20 Å². The van der Waals surface area contributed by atoms with Crippen molar-refractivity contribution in [1.82, 2.24) is 34.4 Å². The third kappa shape index (κ3) is 3.68. The van der Waals surface area contributed by atoms with E-state index in [1.807, 2.05) is 46.9 Å². The highest BCUT2D eigenvalue weighted by molar-refractivity contribution is 7.14. The van der Waals surface area contributed by atoms with Crippen molar-refractivity contribution in [2.24, 2.45) is 0 Å². The molecule has 0 saturated carbocycles. The monoisotopic (exact) mass is 492 g/mol. The van der Waals surface area contributed by atoms with E-state index in [1.54, 1.807) is 15.9 Å². The summed E-state index contributed by atoms with van der Waals surface area (Å²) in [7, 11) is 0. The second-order valence-corrected chi connectivity index (χ2v) is 9.56. The Kier molecular flexibility index (Phi) is 5.19. The van der Waals surface area contributed by atoms with E-state index in [4.69, 9.17) is 16.6 Å². The van der Waals surface area contributed by atoms with Crippen molar-refractivity contribution in [3.63, 3.8) is 0 Å². The number of amides is 1. The van der Waals surface area contributed by atoms with E-state index in [0.29, 0.717) is 17.3 Å². The minimum Gasteiger partial charge on any atom is -0.358 e. The smallest absolute Gasteiger partial charge is 0.242 e. The second-order valence-electron chi connectivity index (χ2n) is 8.34. The molecule has 1 atom stereocenters. The Bertz CT molecular complexity index is 1470. The molecule has 0 bridgehead atoms. The van der Waals surface area contributed by atoms with Crippen LogP contribution in [0.25, 0.3) is 33.7 Å². The first kappa shape index (κ1) is 21.1. The molecule has 9 nitrogen and oxygen atoms in total. The lowest BCUT2D eigenvalue weighted by Crippen LogP contribution is -2.54. The predicted molar refractivity (Wildman–Crippen MR) is 133 cm³/mol. The van der Waals surface area contributed by atoms with Gasteiger partial charge in [0, 0.05) is 31.9 Å². The molecule has 5 heterocycles. The highest BCUT2D eigenvalue weighted by Crippen LogP contribution is 2.34. The van der Waals surface area contributed by atoms with Crippen molar-refractivity contribution in [2.75, 3.05) is 24.5 Å². The van der Waals surface area contributed by atoms with Crippen molar-refractivity contribution in [3.8, 4) is 11.5 Å². The number of hydrogen-bond donors (Lipinski definition) is 1. The summed E-state index contributed by atoms with van der Waals surface area (Å²) in [6.45, 7) is 4.36. The van der Waals surface area contributed by atoms with Crippen molar-refractivity contribution in [2.45, 2.75) is 19.5 Å². The van der Waals surface area contributed by atoms with Crippen LogP contribution in [0.5, 0.6) is 0 Å². The summed E-state index contributed by atoms with van der Waals surface area (Å²) >= 11 is 7.60. The van der Waals surface area contributed by atoms with Crippen molar-refractivity contribution >= 4 is 56.0 Å². The highest BCUT2D eigenvalue weighted by Gasteiger charge is 2.30. The maximum Gasteiger partial charge on any atom is 0.242 e. The van der Waals surface area contributed by atoms with Gasteiger partial charge in [0.25, 0.3) is 0 Å². The number of aromatic nitrogens is 6. The normalized spacial score (nSPS) is 16.6. The topological polar surface area (TPSA) is 95.8 Å². The SMILES string of the molecule is CC1CN(c2scnc2-c2nc3ccccc3[nH]2)CCN1C(=O)Cn1ccc2ncc(Cl)nc21. The van der Waals surface area contributed by atoms with E-state index in [9.17, 15) is 4.79 Å².